The summed E-state index contributed by atoms with van der Waals surface area (Å²) in [6.45, 7) is 7.63. The number of carbonyl (C=O) groups is 2. The van der Waals surface area contributed by atoms with E-state index in [1.54, 1.807) is 37.8 Å². The van der Waals surface area contributed by atoms with Gasteiger partial charge in [-0.2, -0.15) is 0 Å². The fourth-order valence-corrected chi connectivity index (χ4v) is 4.96. The van der Waals surface area contributed by atoms with Gasteiger partial charge in [-0.3, -0.25) is 9.59 Å². The van der Waals surface area contributed by atoms with E-state index in [0.717, 1.165) is 12.1 Å². The second-order valence-corrected chi connectivity index (χ2v) is 10.5. The van der Waals surface area contributed by atoms with Gasteiger partial charge in [0.2, 0.25) is 21.8 Å². The van der Waals surface area contributed by atoms with E-state index < -0.39 is 21.5 Å². The SMILES string of the molecule is CCc1ccc(N2CC(C(=O)Nc3cccc(S(=O)(=O)NC(C)(C)C)c3)CC2=O)cc1. The summed E-state index contributed by atoms with van der Waals surface area (Å²) in [6.07, 6.45) is 1.03. The number of sulfonamides is 1. The van der Waals surface area contributed by atoms with E-state index in [2.05, 4.69) is 17.0 Å². The maximum atomic E-state index is 12.8. The molecule has 2 aromatic rings. The first-order valence-corrected chi connectivity index (χ1v) is 11.8. The van der Waals surface area contributed by atoms with Crippen LogP contribution < -0.4 is 14.9 Å². The van der Waals surface area contributed by atoms with Gasteiger partial charge in [0.1, 0.15) is 0 Å². The molecule has 0 aliphatic carbocycles. The van der Waals surface area contributed by atoms with E-state index >= 15 is 0 Å². The first kappa shape index (κ1) is 23.0. The largest absolute Gasteiger partial charge is 0.326 e. The number of carbonyl (C=O) groups excluding carboxylic acids is 2. The molecule has 0 spiro atoms. The Balaban J connectivity index is 1.70. The molecule has 1 saturated heterocycles. The van der Waals surface area contributed by atoms with E-state index in [4.69, 9.17) is 0 Å². The smallest absolute Gasteiger partial charge is 0.241 e. The molecule has 1 heterocycles. The van der Waals surface area contributed by atoms with E-state index in [0.29, 0.717) is 12.2 Å². The van der Waals surface area contributed by atoms with Gasteiger partial charge in [0, 0.05) is 29.9 Å². The first-order chi connectivity index (χ1) is 14.5. The summed E-state index contributed by atoms with van der Waals surface area (Å²) in [5, 5.41) is 2.76. The minimum atomic E-state index is -3.72. The topological polar surface area (TPSA) is 95.6 Å². The number of aryl methyl sites for hydroxylation is 1. The fraction of sp³-hybridized carbons (Fsp3) is 0.391. The van der Waals surface area contributed by atoms with Crippen molar-refractivity contribution in [3.05, 3.63) is 54.1 Å². The van der Waals surface area contributed by atoms with Crippen LogP contribution in [0.2, 0.25) is 0 Å². The second kappa shape index (κ2) is 8.80. The van der Waals surface area contributed by atoms with Crippen molar-refractivity contribution in [1.29, 1.82) is 0 Å². The van der Waals surface area contributed by atoms with Crippen molar-refractivity contribution < 1.29 is 18.0 Å². The molecule has 0 bridgehead atoms. The highest BCUT2D eigenvalue weighted by molar-refractivity contribution is 7.89. The van der Waals surface area contributed by atoms with Crippen LogP contribution in [-0.2, 0) is 26.0 Å². The van der Waals surface area contributed by atoms with Gasteiger partial charge >= 0.3 is 0 Å². The molecule has 0 radical (unpaired) electrons. The second-order valence-electron chi connectivity index (χ2n) is 8.80. The Hall–Kier alpha value is -2.71. The van der Waals surface area contributed by atoms with Crippen molar-refractivity contribution in [2.75, 3.05) is 16.8 Å². The summed E-state index contributed by atoms with van der Waals surface area (Å²) in [5.41, 5.74) is 1.71. The zero-order valence-electron chi connectivity index (χ0n) is 18.3. The summed E-state index contributed by atoms with van der Waals surface area (Å²) in [5.74, 6) is -0.916. The van der Waals surface area contributed by atoms with Gasteiger partial charge in [-0.15, -0.1) is 0 Å². The highest BCUT2D eigenvalue weighted by Crippen LogP contribution is 2.27. The predicted molar refractivity (Wildman–Crippen MR) is 121 cm³/mol. The van der Waals surface area contributed by atoms with Gasteiger partial charge in [0.05, 0.1) is 10.8 Å². The molecule has 0 aromatic heterocycles. The Morgan fingerprint density at radius 1 is 1.13 bits per heavy atom. The molecule has 166 valence electrons. The lowest BCUT2D eigenvalue weighted by Gasteiger charge is -2.20. The average Bonchev–Trinajstić information content (AvgIpc) is 3.08. The maximum absolute atomic E-state index is 12.8. The van der Waals surface area contributed by atoms with Crippen LogP contribution in [0.1, 0.15) is 39.7 Å². The first-order valence-electron chi connectivity index (χ1n) is 10.3. The zero-order valence-corrected chi connectivity index (χ0v) is 19.1. The molecule has 8 heteroatoms. The number of rotatable bonds is 6. The molecule has 1 aliphatic rings. The summed E-state index contributed by atoms with van der Waals surface area (Å²) in [6, 6.07) is 13.9. The molecule has 2 aromatic carbocycles. The number of hydrogen-bond donors (Lipinski definition) is 2. The highest BCUT2D eigenvalue weighted by Gasteiger charge is 2.35. The van der Waals surface area contributed by atoms with Crippen LogP contribution in [0, 0.1) is 5.92 Å². The Morgan fingerprint density at radius 2 is 1.81 bits per heavy atom. The van der Waals surface area contributed by atoms with E-state index in [-0.39, 0.29) is 23.1 Å². The van der Waals surface area contributed by atoms with E-state index in [1.165, 1.54) is 17.7 Å². The normalized spacial score (nSPS) is 17.1. The minimum absolute atomic E-state index is 0.0698. The van der Waals surface area contributed by atoms with Gasteiger partial charge in [0.25, 0.3) is 0 Å². The Bertz CT molecular complexity index is 1070. The summed E-state index contributed by atoms with van der Waals surface area (Å²) in [4.78, 5) is 26.9. The molecular formula is C23H29N3O4S. The molecule has 3 rings (SSSR count). The fourth-order valence-electron chi connectivity index (χ4n) is 3.49. The van der Waals surface area contributed by atoms with Crippen molar-refractivity contribution in [2.24, 2.45) is 5.92 Å². The third-order valence-corrected chi connectivity index (χ3v) is 6.76. The van der Waals surface area contributed by atoms with Crippen LogP contribution in [0.3, 0.4) is 0 Å². The lowest BCUT2D eigenvalue weighted by molar-refractivity contribution is -0.122. The number of nitrogens with zero attached hydrogens (tertiary/aromatic N) is 1. The molecule has 1 aliphatic heterocycles. The van der Waals surface area contributed by atoms with Crippen molar-refractivity contribution in [2.45, 2.75) is 51.0 Å². The predicted octanol–water partition coefficient (Wildman–Crippen LogP) is 3.32. The minimum Gasteiger partial charge on any atom is -0.326 e. The Labute approximate surface area is 183 Å². The van der Waals surface area contributed by atoms with Crippen molar-refractivity contribution in [3.63, 3.8) is 0 Å². The number of hydrogen-bond acceptors (Lipinski definition) is 4. The van der Waals surface area contributed by atoms with Crippen LogP contribution in [0.5, 0.6) is 0 Å². The number of benzene rings is 2. The molecular weight excluding hydrogens is 414 g/mol. The van der Waals surface area contributed by atoms with Gasteiger partial charge in [-0.1, -0.05) is 25.1 Å². The monoisotopic (exact) mass is 443 g/mol. The van der Waals surface area contributed by atoms with Crippen LogP contribution in [0.4, 0.5) is 11.4 Å². The van der Waals surface area contributed by atoms with Crippen LogP contribution in [0.15, 0.2) is 53.4 Å². The Morgan fingerprint density at radius 3 is 2.42 bits per heavy atom. The number of amides is 2. The van der Waals surface area contributed by atoms with Gasteiger partial charge in [-0.05, 0) is 63.1 Å². The summed E-state index contributed by atoms with van der Waals surface area (Å²) < 4.78 is 27.7. The quantitative estimate of drug-likeness (QED) is 0.716. The lowest BCUT2D eigenvalue weighted by Crippen LogP contribution is -2.40. The molecule has 1 unspecified atom stereocenters. The number of nitrogens with one attached hydrogen (secondary N) is 2. The molecule has 2 N–H and O–H groups in total. The van der Waals surface area contributed by atoms with Crippen LogP contribution in [0.25, 0.3) is 0 Å². The van der Waals surface area contributed by atoms with Gasteiger partial charge in [-0.25, -0.2) is 13.1 Å². The van der Waals surface area contributed by atoms with Crippen molar-refractivity contribution in [1.82, 2.24) is 4.72 Å². The molecule has 2 amide bonds. The molecule has 1 atom stereocenters. The zero-order chi connectivity index (χ0) is 22.8. The lowest BCUT2D eigenvalue weighted by atomic mass is 10.1. The van der Waals surface area contributed by atoms with E-state index in [1.807, 2.05) is 24.3 Å². The summed E-state index contributed by atoms with van der Waals surface area (Å²) in [7, 11) is -3.72. The van der Waals surface area contributed by atoms with Gasteiger partial charge in [0.15, 0.2) is 0 Å². The van der Waals surface area contributed by atoms with Crippen LogP contribution >= 0.6 is 0 Å². The maximum Gasteiger partial charge on any atom is 0.241 e. The van der Waals surface area contributed by atoms with Crippen LogP contribution in [-0.4, -0.2) is 32.3 Å². The average molecular weight is 444 g/mol. The third kappa shape index (κ3) is 5.71. The molecule has 31 heavy (non-hydrogen) atoms. The van der Waals surface area contributed by atoms with Gasteiger partial charge < -0.3 is 10.2 Å². The third-order valence-electron chi connectivity index (χ3n) is 5.00. The summed E-state index contributed by atoms with van der Waals surface area (Å²) >= 11 is 0. The van der Waals surface area contributed by atoms with Crippen molar-refractivity contribution >= 4 is 33.2 Å². The molecule has 7 nitrogen and oxygen atoms in total. The van der Waals surface area contributed by atoms with Crippen molar-refractivity contribution in [3.8, 4) is 0 Å². The number of anilines is 2. The molecule has 0 saturated carbocycles. The standard InChI is InChI=1S/C23H29N3O4S/c1-5-16-9-11-19(12-10-16)26-15-17(13-21(26)27)22(28)24-18-7-6-8-20(14-18)31(29,30)25-23(2,3)4/h6-12,14,17,25H,5,13,15H2,1-4H3,(H,24,28). The van der Waals surface area contributed by atoms with E-state index in [9.17, 15) is 18.0 Å². The highest BCUT2D eigenvalue weighted by atomic mass is 32.2. The Kier molecular flexibility index (Phi) is 6.52. The molecule has 1 fully saturated rings.